The lowest BCUT2D eigenvalue weighted by atomic mass is 9.95. The summed E-state index contributed by atoms with van der Waals surface area (Å²) in [4.78, 5) is 13.9. The normalized spacial score (nSPS) is 15.9. The van der Waals surface area contributed by atoms with E-state index in [0.717, 1.165) is 5.82 Å². The van der Waals surface area contributed by atoms with E-state index in [1.807, 2.05) is 19.9 Å². The van der Waals surface area contributed by atoms with Crippen LogP contribution < -0.4 is 5.32 Å². The van der Waals surface area contributed by atoms with Crippen LogP contribution in [0, 0.1) is 0 Å². The SMILES string of the molecule is CCN(CC)C(=O)c1ccc(NC2CCCCC2)nn1. The van der Waals surface area contributed by atoms with Crippen molar-refractivity contribution in [2.75, 3.05) is 18.4 Å². The first-order valence-electron chi connectivity index (χ1n) is 7.64. The van der Waals surface area contributed by atoms with E-state index in [1.165, 1.54) is 32.1 Å². The average molecular weight is 276 g/mol. The van der Waals surface area contributed by atoms with Gasteiger partial charge in [0.25, 0.3) is 5.91 Å². The molecule has 1 fully saturated rings. The maximum Gasteiger partial charge on any atom is 0.274 e. The molecule has 0 bridgehead atoms. The fraction of sp³-hybridized carbons (Fsp3) is 0.667. The van der Waals surface area contributed by atoms with Gasteiger partial charge in [-0.15, -0.1) is 10.2 Å². The van der Waals surface area contributed by atoms with Gasteiger partial charge in [0.1, 0.15) is 5.82 Å². The van der Waals surface area contributed by atoms with Crippen molar-refractivity contribution in [3.8, 4) is 0 Å². The van der Waals surface area contributed by atoms with Crippen molar-refractivity contribution in [1.82, 2.24) is 15.1 Å². The molecule has 1 aliphatic carbocycles. The van der Waals surface area contributed by atoms with Gasteiger partial charge in [-0.25, -0.2) is 0 Å². The predicted octanol–water partition coefficient (Wildman–Crippen LogP) is 2.70. The molecule has 0 saturated heterocycles. The van der Waals surface area contributed by atoms with Gasteiger partial charge in [-0.3, -0.25) is 4.79 Å². The zero-order valence-electron chi connectivity index (χ0n) is 12.4. The Balaban J connectivity index is 1.96. The van der Waals surface area contributed by atoms with E-state index in [2.05, 4.69) is 15.5 Å². The largest absolute Gasteiger partial charge is 0.366 e. The van der Waals surface area contributed by atoms with E-state index in [9.17, 15) is 4.79 Å². The van der Waals surface area contributed by atoms with Gasteiger partial charge < -0.3 is 10.2 Å². The second kappa shape index (κ2) is 7.22. The van der Waals surface area contributed by atoms with E-state index >= 15 is 0 Å². The van der Waals surface area contributed by atoms with Gasteiger partial charge in [0, 0.05) is 19.1 Å². The molecule has 20 heavy (non-hydrogen) atoms. The van der Waals surface area contributed by atoms with Crippen LogP contribution in [0.5, 0.6) is 0 Å². The molecule has 0 atom stereocenters. The summed E-state index contributed by atoms with van der Waals surface area (Å²) in [6, 6.07) is 4.12. The van der Waals surface area contributed by atoms with Gasteiger partial charge >= 0.3 is 0 Å². The average Bonchev–Trinajstić information content (AvgIpc) is 2.50. The molecule has 5 heteroatoms. The Bertz CT molecular complexity index is 422. The Labute approximate surface area is 120 Å². The Hall–Kier alpha value is -1.65. The van der Waals surface area contributed by atoms with E-state index in [1.54, 1.807) is 11.0 Å². The number of amides is 1. The molecule has 2 rings (SSSR count). The third kappa shape index (κ3) is 3.68. The molecule has 110 valence electrons. The fourth-order valence-corrected chi connectivity index (χ4v) is 2.65. The lowest BCUT2D eigenvalue weighted by Crippen LogP contribution is -2.31. The van der Waals surface area contributed by atoms with Crippen LogP contribution in [0.25, 0.3) is 0 Å². The van der Waals surface area contributed by atoms with Gasteiger partial charge in [0.15, 0.2) is 5.69 Å². The minimum Gasteiger partial charge on any atom is -0.366 e. The molecule has 0 radical (unpaired) electrons. The number of rotatable bonds is 5. The fourth-order valence-electron chi connectivity index (χ4n) is 2.65. The van der Waals surface area contributed by atoms with E-state index in [0.29, 0.717) is 24.8 Å². The van der Waals surface area contributed by atoms with Gasteiger partial charge in [-0.05, 0) is 38.8 Å². The molecule has 1 aromatic rings. The van der Waals surface area contributed by atoms with Crippen LogP contribution in [0.15, 0.2) is 12.1 Å². The Morgan fingerprint density at radius 3 is 2.45 bits per heavy atom. The van der Waals surface area contributed by atoms with Crippen LogP contribution in [-0.2, 0) is 0 Å². The Morgan fingerprint density at radius 1 is 1.20 bits per heavy atom. The zero-order valence-corrected chi connectivity index (χ0v) is 12.4. The first-order chi connectivity index (χ1) is 9.74. The van der Waals surface area contributed by atoms with Crippen molar-refractivity contribution in [3.63, 3.8) is 0 Å². The number of nitrogens with one attached hydrogen (secondary N) is 1. The maximum atomic E-state index is 12.1. The van der Waals surface area contributed by atoms with Crippen LogP contribution in [0.4, 0.5) is 5.82 Å². The summed E-state index contributed by atoms with van der Waals surface area (Å²) < 4.78 is 0. The highest BCUT2D eigenvalue weighted by molar-refractivity contribution is 5.92. The Morgan fingerprint density at radius 2 is 1.90 bits per heavy atom. The molecular formula is C15H24N4O. The first-order valence-corrected chi connectivity index (χ1v) is 7.64. The second-order valence-electron chi connectivity index (χ2n) is 5.26. The van der Waals surface area contributed by atoms with Crippen molar-refractivity contribution in [1.29, 1.82) is 0 Å². The number of carbonyl (C=O) groups is 1. The van der Waals surface area contributed by atoms with Crippen LogP contribution in [-0.4, -0.2) is 40.1 Å². The minimum absolute atomic E-state index is 0.0493. The molecule has 0 aliphatic heterocycles. The topological polar surface area (TPSA) is 58.1 Å². The summed E-state index contributed by atoms with van der Waals surface area (Å²) in [7, 11) is 0. The highest BCUT2D eigenvalue weighted by atomic mass is 16.2. The van der Waals surface area contributed by atoms with Crippen molar-refractivity contribution in [2.45, 2.75) is 52.0 Å². The summed E-state index contributed by atoms with van der Waals surface area (Å²) in [5.74, 6) is 0.722. The van der Waals surface area contributed by atoms with E-state index in [4.69, 9.17) is 0 Å². The molecule has 1 heterocycles. The third-order valence-electron chi connectivity index (χ3n) is 3.89. The van der Waals surface area contributed by atoms with Gasteiger partial charge in [0.05, 0.1) is 0 Å². The highest BCUT2D eigenvalue weighted by Gasteiger charge is 2.16. The molecule has 1 N–H and O–H groups in total. The predicted molar refractivity (Wildman–Crippen MR) is 79.8 cm³/mol. The number of aromatic nitrogens is 2. The third-order valence-corrected chi connectivity index (χ3v) is 3.89. The number of carbonyl (C=O) groups excluding carboxylic acids is 1. The van der Waals surface area contributed by atoms with Crippen molar-refractivity contribution >= 4 is 11.7 Å². The standard InChI is InChI=1S/C15H24N4O/c1-3-19(4-2)15(20)13-10-11-14(18-17-13)16-12-8-6-5-7-9-12/h10-12H,3-9H2,1-2H3,(H,16,18). The zero-order chi connectivity index (χ0) is 14.4. The molecular weight excluding hydrogens is 252 g/mol. The van der Waals surface area contributed by atoms with Crippen LogP contribution in [0.2, 0.25) is 0 Å². The highest BCUT2D eigenvalue weighted by Crippen LogP contribution is 2.20. The monoisotopic (exact) mass is 276 g/mol. The molecule has 1 saturated carbocycles. The summed E-state index contributed by atoms with van der Waals surface area (Å²) in [5.41, 5.74) is 0.419. The van der Waals surface area contributed by atoms with Crippen LogP contribution in [0.3, 0.4) is 0 Å². The minimum atomic E-state index is -0.0493. The molecule has 0 unspecified atom stereocenters. The molecule has 1 amide bonds. The van der Waals surface area contributed by atoms with Crippen molar-refractivity contribution < 1.29 is 4.79 Å². The van der Waals surface area contributed by atoms with Gasteiger partial charge in [-0.1, -0.05) is 19.3 Å². The molecule has 5 nitrogen and oxygen atoms in total. The van der Waals surface area contributed by atoms with Gasteiger partial charge in [0.2, 0.25) is 0 Å². The lowest BCUT2D eigenvalue weighted by molar-refractivity contribution is 0.0766. The number of hydrogen-bond acceptors (Lipinski definition) is 4. The second-order valence-corrected chi connectivity index (χ2v) is 5.26. The first kappa shape index (κ1) is 14.8. The smallest absolute Gasteiger partial charge is 0.274 e. The van der Waals surface area contributed by atoms with E-state index < -0.39 is 0 Å². The maximum absolute atomic E-state index is 12.1. The molecule has 1 aliphatic rings. The van der Waals surface area contributed by atoms with E-state index in [-0.39, 0.29) is 5.91 Å². The van der Waals surface area contributed by atoms with Crippen LogP contribution >= 0.6 is 0 Å². The number of nitrogens with zero attached hydrogens (tertiary/aromatic N) is 3. The van der Waals surface area contributed by atoms with Gasteiger partial charge in [-0.2, -0.15) is 0 Å². The molecule has 0 aromatic carbocycles. The van der Waals surface area contributed by atoms with Crippen molar-refractivity contribution in [2.24, 2.45) is 0 Å². The van der Waals surface area contributed by atoms with Crippen LogP contribution in [0.1, 0.15) is 56.4 Å². The summed E-state index contributed by atoms with van der Waals surface area (Å²) in [5, 5.41) is 11.6. The Kier molecular flexibility index (Phi) is 5.32. The molecule has 0 spiro atoms. The molecule has 1 aromatic heterocycles. The van der Waals surface area contributed by atoms with Crippen molar-refractivity contribution in [3.05, 3.63) is 17.8 Å². The summed E-state index contributed by atoms with van der Waals surface area (Å²) in [6.07, 6.45) is 6.29. The summed E-state index contributed by atoms with van der Waals surface area (Å²) in [6.45, 7) is 5.32. The summed E-state index contributed by atoms with van der Waals surface area (Å²) >= 11 is 0. The number of hydrogen-bond donors (Lipinski definition) is 1. The number of anilines is 1. The quantitative estimate of drug-likeness (QED) is 0.898. The lowest BCUT2D eigenvalue weighted by Gasteiger charge is -2.23.